The van der Waals surface area contributed by atoms with Gasteiger partial charge in [-0.2, -0.15) is 5.10 Å². The third kappa shape index (κ3) is 1.43. The van der Waals surface area contributed by atoms with Crippen LogP contribution in [0.4, 0.5) is 0 Å². The number of aromatic nitrogens is 2. The van der Waals surface area contributed by atoms with Crippen LogP contribution in [0.3, 0.4) is 0 Å². The van der Waals surface area contributed by atoms with Crippen LogP contribution in [-0.2, 0) is 6.54 Å². The van der Waals surface area contributed by atoms with Gasteiger partial charge in [0.25, 0.3) is 5.56 Å². The highest BCUT2D eigenvalue weighted by Gasteiger charge is 1.89. The molecule has 0 N–H and O–H groups in total. The summed E-state index contributed by atoms with van der Waals surface area (Å²) >= 11 is 0. The molecule has 0 fully saturated rings. The van der Waals surface area contributed by atoms with Crippen molar-refractivity contribution in [2.45, 2.75) is 19.9 Å². The van der Waals surface area contributed by atoms with Crippen LogP contribution >= 0.6 is 0 Å². The SMILES string of the molecule is CCCn1ncccc1=O. The van der Waals surface area contributed by atoms with Gasteiger partial charge in [-0.15, -0.1) is 0 Å². The average molecular weight is 138 g/mol. The van der Waals surface area contributed by atoms with Crippen LogP contribution in [0.2, 0.25) is 0 Å². The summed E-state index contributed by atoms with van der Waals surface area (Å²) < 4.78 is 1.46. The molecular weight excluding hydrogens is 128 g/mol. The van der Waals surface area contributed by atoms with E-state index in [1.54, 1.807) is 12.3 Å². The maximum atomic E-state index is 10.9. The Balaban J connectivity index is 2.92. The minimum Gasteiger partial charge on any atom is -0.268 e. The van der Waals surface area contributed by atoms with E-state index in [1.165, 1.54) is 10.7 Å². The molecule has 0 amide bonds. The molecule has 54 valence electrons. The van der Waals surface area contributed by atoms with Crippen LogP contribution in [-0.4, -0.2) is 9.78 Å². The molecule has 0 aliphatic rings. The van der Waals surface area contributed by atoms with Crippen LogP contribution in [0.5, 0.6) is 0 Å². The Morgan fingerprint density at radius 1 is 1.70 bits per heavy atom. The molecule has 1 rings (SSSR count). The minimum atomic E-state index is -0.0237. The van der Waals surface area contributed by atoms with Crippen LogP contribution in [0.1, 0.15) is 13.3 Å². The van der Waals surface area contributed by atoms with Gasteiger partial charge in [-0.1, -0.05) is 6.92 Å². The van der Waals surface area contributed by atoms with E-state index in [9.17, 15) is 4.79 Å². The molecule has 0 radical (unpaired) electrons. The lowest BCUT2D eigenvalue weighted by atomic mass is 10.5. The number of nitrogens with zero attached hydrogens (tertiary/aromatic N) is 2. The molecule has 0 unspecified atom stereocenters. The number of rotatable bonds is 2. The highest BCUT2D eigenvalue weighted by Crippen LogP contribution is 1.79. The second-order valence-corrected chi connectivity index (χ2v) is 2.09. The normalized spacial score (nSPS) is 9.70. The Hall–Kier alpha value is -1.12. The van der Waals surface area contributed by atoms with Gasteiger partial charge in [0, 0.05) is 18.8 Å². The molecule has 1 heterocycles. The molecule has 1 aromatic heterocycles. The largest absolute Gasteiger partial charge is 0.268 e. The van der Waals surface area contributed by atoms with Gasteiger partial charge in [0.2, 0.25) is 0 Å². The first-order chi connectivity index (χ1) is 4.84. The fourth-order valence-electron chi connectivity index (χ4n) is 0.767. The molecule has 0 aromatic carbocycles. The molecule has 0 atom stereocenters. The number of hydrogen-bond acceptors (Lipinski definition) is 2. The molecule has 0 spiro atoms. The fraction of sp³-hybridized carbons (Fsp3) is 0.429. The number of hydrogen-bond donors (Lipinski definition) is 0. The van der Waals surface area contributed by atoms with Crippen molar-refractivity contribution in [1.82, 2.24) is 9.78 Å². The van der Waals surface area contributed by atoms with E-state index in [4.69, 9.17) is 0 Å². The fourth-order valence-corrected chi connectivity index (χ4v) is 0.767. The summed E-state index contributed by atoms with van der Waals surface area (Å²) in [6.07, 6.45) is 2.56. The third-order valence-corrected chi connectivity index (χ3v) is 1.22. The Morgan fingerprint density at radius 2 is 2.50 bits per heavy atom. The first-order valence-electron chi connectivity index (χ1n) is 3.36. The Labute approximate surface area is 59.3 Å². The predicted molar refractivity (Wildman–Crippen MR) is 38.8 cm³/mol. The Morgan fingerprint density at radius 3 is 3.10 bits per heavy atom. The van der Waals surface area contributed by atoms with Crippen molar-refractivity contribution in [3.63, 3.8) is 0 Å². The third-order valence-electron chi connectivity index (χ3n) is 1.22. The number of aryl methyl sites for hydroxylation is 1. The highest BCUT2D eigenvalue weighted by atomic mass is 16.1. The molecular formula is C7H10N2O. The van der Waals surface area contributed by atoms with Gasteiger partial charge in [-0.3, -0.25) is 4.79 Å². The topological polar surface area (TPSA) is 34.9 Å². The van der Waals surface area contributed by atoms with Gasteiger partial charge >= 0.3 is 0 Å². The van der Waals surface area contributed by atoms with Gasteiger partial charge < -0.3 is 0 Å². The maximum Gasteiger partial charge on any atom is 0.266 e. The quantitative estimate of drug-likeness (QED) is 0.601. The van der Waals surface area contributed by atoms with E-state index >= 15 is 0 Å². The molecule has 0 aliphatic heterocycles. The monoisotopic (exact) mass is 138 g/mol. The van der Waals surface area contributed by atoms with Crippen LogP contribution < -0.4 is 5.56 Å². The smallest absolute Gasteiger partial charge is 0.266 e. The van der Waals surface area contributed by atoms with Crippen molar-refractivity contribution in [3.8, 4) is 0 Å². The average Bonchev–Trinajstić information content (AvgIpc) is 1.94. The van der Waals surface area contributed by atoms with Crippen molar-refractivity contribution in [2.24, 2.45) is 0 Å². The van der Waals surface area contributed by atoms with E-state index < -0.39 is 0 Å². The van der Waals surface area contributed by atoms with Gasteiger partial charge in [0.05, 0.1) is 0 Å². The molecule has 1 aromatic rings. The van der Waals surface area contributed by atoms with Crippen molar-refractivity contribution in [2.75, 3.05) is 0 Å². The van der Waals surface area contributed by atoms with Crippen molar-refractivity contribution in [3.05, 3.63) is 28.7 Å². The molecule has 3 heteroatoms. The molecule has 10 heavy (non-hydrogen) atoms. The van der Waals surface area contributed by atoms with Crippen LogP contribution in [0.25, 0.3) is 0 Å². The van der Waals surface area contributed by atoms with E-state index in [2.05, 4.69) is 5.10 Å². The van der Waals surface area contributed by atoms with E-state index in [0.29, 0.717) is 6.54 Å². The van der Waals surface area contributed by atoms with Crippen molar-refractivity contribution >= 4 is 0 Å². The molecule has 0 bridgehead atoms. The summed E-state index contributed by atoms with van der Waals surface area (Å²) in [4.78, 5) is 10.9. The highest BCUT2D eigenvalue weighted by molar-refractivity contribution is 4.84. The Bertz CT molecular complexity index is 254. The predicted octanol–water partition coefficient (Wildman–Crippen LogP) is 0.653. The lowest BCUT2D eigenvalue weighted by Gasteiger charge is -1.97. The zero-order valence-corrected chi connectivity index (χ0v) is 5.95. The maximum absolute atomic E-state index is 10.9. The zero-order chi connectivity index (χ0) is 7.40. The molecule has 3 nitrogen and oxygen atoms in total. The van der Waals surface area contributed by atoms with Crippen LogP contribution in [0.15, 0.2) is 23.1 Å². The summed E-state index contributed by atoms with van der Waals surface area (Å²) in [6, 6.07) is 3.16. The van der Waals surface area contributed by atoms with Gasteiger partial charge in [0.15, 0.2) is 0 Å². The molecule has 0 saturated carbocycles. The lowest BCUT2D eigenvalue weighted by molar-refractivity contribution is 0.568. The first-order valence-corrected chi connectivity index (χ1v) is 3.36. The van der Waals surface area contributed by atoms with E-state index in [-0.39, 0.29) is 5.56 Å². The van der Waals surface area contributed by atoms with Gasteiger partial charge in [0.1, 0.15) is 0 Å². The second kappa shape index (κ2) is 3.15. The van der Waals surface area contributed by atoms with Crippen molar-refractivity contribution in [1.29, 1.82) is 0 Å². The van der Waals surface area contributed by atoms with Gasteiger partial charge in [-0.25, -0.2) is 4.68 Å². The standard InChI is InChI=1S/C7H10N2O/c1-2-6-9-7(10)4-3-5-8-9/h3-5H,2,6H2,1H3. The van der Waals surface area contributed by atoms with Crippen molar-refractivity contribution < 1.29 is 0 Å². The zero-order valence-electron chi connectivity index (χ0n) is 5.95. The van der Waals surface area contributed by atoms with Gasteiger partial charge in [-0.05, 0) is 12.5 Å². The summed E-state index contributed by atoms with van der Waals surface area (Å²) in [5.74, 6) is 0. The van der Waals surface area contributed by atoms with E-state index in [1.807, 2.05) is 6.92 Å². The summed E-state index contributed by atoms with van der Waals surface area (Å²) in [6.45, 7) is 2.72. The molecule has 0 saturated heterocycles. The minimum absolute atomic E-state index is 0.0237. The summed E-state index contributed by atoms with van der Waals surface area (Å²) in [5.41, 5.74) is -0.0237. The van der Waals surface area contributed by atoms with E-state index in [0.717, 1.165) is 6.42 Å². The summed E-state index contributed by atoms with van der Waals surface area (Å²) in [7, 11) is 0. The lowest BCUT2D eigenvalue weighted by Crippen LogP contribution is -2.20. The second-order valence-electron chi connectivity index (χ2n) is 2.09. The summed E-state index contributed by atoms with van der Waals surface area (Å²) in [5, 5.41) is 3.87. The first kappa shape index (κ1) is 6.99. The molecule has 0 aliphatic carbocycles. The van der Waals surface area contributed by atoms with Crippen LogP contribution in [0, 0.1) is 0 Å². The Kier molecular flexibility index (Phi) is 2.20.